The van der Waals surface area contributed by atoms with Crippen LogP contribution in [0.1, 0.15) is 36.1 Å². The maximum atomic E-state index is 11.8. The Morgan fingerprint density at radius 1 is 1.35 bits per heavy atom. The van der Waals surface area contributed by atoms with E-state index in [-0.39, 0.29) is 11.9 Å². The minimum Gasteiger partial charge on any atom is -0.346 e. The minimum absolute atomic E-state index is 0.0279. The quantitative estimate of drug-likeness (QED) is 0.835. The van der Waals surface area contributed by atoms with Crippen LogP contribution in [0.5, 0.6) is 0 Å². The summed E-state index contributed by atoms with van der Waals surface area (Å²) in [7, 11) is 3.96. The zero-order valence-corrected chi connectivity index (χ0v) is 12.6. The van der Waals surface area contributed by atoms with Gasteiger partial charge in [0.25, 0.3) is 0 Å². The summed E-state index contributed by atoms with van der Waals surface area (Å²) in [6.45, 7) is 2.81. The molecule has 1 amide bonds. The summed E-state index contributed by atoms with van der Waals surface area (Å²) in [6.07, 6.45) is 7.12. The van der Waals surface area contributed by atoms with Crippen LogP contribution in [0, 0.1) is 0 Å². The summed E-state index contributed by atoms with van der Waals surface area (Å²) in [5, 5.41) is 3.02. The minimum atomic E-state index is -0.0279. The molecule has 3 nitrogen and oxygen atoms in total. The maximum Gasteiger partial charge on any atom is 0.244 e. The lowest BCUT2D eigenvalue weighted by atomic mass is 10.0. The standard InChI is InChI=1S/C17H24N2O/c1-13(18-17(20)8-5-11-19(2)3)15-10-9-14-6-4-7-16(14)12-15/h5,8-10,12-13H,4,6-7,11H2,1-3H3,(H,18,20)/b8-5+. The second-order valence-corrected chi connectivity index (χ2v) is 5.78. The molecule has 0 aliphatic heterocycles. The number of likely N-dealkylation sites (N-methyl/N-ethyl adjacent to an activating group) is 1. The normalized spacial score (nSPS) is 15.6. The van der Waals surface area contributed by atoms with Crippen LogP contribution in [0.2, 0.25) is 0 Å². The fourth-order valence-electron chi connectivity index (χ4n) is 2.58. The molecule has 1 aliphatic rings. The number of carbonyl (C=O) groups excluding carboxylic acids is 1. The second kappa shape index (κ2) is 6.71. The van der Waals surface area contributed by atoms with Crippen LogP contribution < -0.4 is 5.32 Å². The van der Waals surface area contributed by atoms with E-state index in [4.69, 9.17) is 0 Å². The molecule has 0 saturated carbocycles. The van der Waals surface area contributed by atoms with E-state index in [1.54, 1.807) is 6.08 Å². The Bertz CT molecular complexity index is 506. The van der Waals surface area contributed by atoms with Crippen molar-refractivity contribution >= 4 is 5.91 Å². The van der Waals surface area contributed by atoms with Gasteiger partial charge in [0.1, 0.15) is 0 Å². The van der Waals surface area contributed by atoms with Gasteiger partial charge in [-0.1, -0.05) is 24.3 Å². The average Bonchev–Trinajstić information content (AvgIpc) is 2.85. The molecular weight excluding hydrogens is 248 g/mol. The smallest absolute Gasteiger partial charge is 0.244 e. The molecular formula is C17H24N2O. The van der Waals surface area contributed by atoms with Crippen molar-refractivity contribution in [1.29, 1.82) is 0 Å². The Labute approximate surface area is 121 Å². The van der Waals surface area contributed by atoms with Crippen molar-refractivity contribution in [2.45, 2.75) is 32.2 Å². The molecule has 1 aliphatic carbocycles. The first kappa shape index (κ1) is 14.8. The third-order valence-corrected chi connectivity index (χ3v) is 3.72. The van der Waals surface area contributed by atoms with Gasteiger partial charge >= 0.3 is 0 Å². The van der Waals surface area contributed by atoms with Crippen LogP contribution in [-0.4, -0.2) is 31.4 Å². The van der Waals surface area contributed by atoms with Gasteiger partial charge in [-0.05, 0) is 57.0 Å². The molecule has 108 valence electrons. The van der Waals surface area contributed by atoms with Crippen LogP contribution >= 0.6 is 0 Å². The van der Waals surface area contributed by atoms with Gasteiger partial charge in [-0.15, -0.1) is 0 Å². The summed E-state index contributed by atoms with van der Waals surface area (Å²) in [6, 6.07) is 6.65. The fraction of sp³-hybridized carbons (Fsp3) is 0.471. The number of amides is 1. The fourth-order valence-corrected chi connectivity index (χ4v) is 2.58. The molecule has 0 aromatic heterocycles. The molecule has 0 spiro atoms. The Kier molecular flexibility index (Phi) is 4.96. The number of hydrogen-bond acceptors (Lipinski definition) is 2. The van der Waals surface area contributed by atoms with Gasteiger partial charge in [-0.3, -0.25) is 4.79 Å². The van der Waals surface area contributed by atoms with Crippen LogP contribution in [0.4, 0.5) is 0 Å². The number of benzene rings is 1. The van der Waals surface area contributed by atoms with Gasteiger partial charge in [0, 0.05) is 12.6 Å². The van der Waals surface area contributed by atoms with E-state index >= 15 is 0 Å². The number of nitrogens with zero attached hydrogens (tertiary/aromatic N) is 1. The number of carbonyl (C=O) groups is 1. The number of nitrogens with one attached hydrogen (secondary N) is 1. The molecule has 0 radical (unpaired) electrons. The van der Waals surface area contributed by atoms with E-state index in [2.05, 4.69) is 23.5 Å². The number of aryl methyl sites for hydroxylation is 2. The van der Waals surface area contributed by atoms with Crippen molar-refractivity contribution in [3.8, 4) is 0 Å². The van der Waals surface area contributed by atoms with Crippen LogP contribution in [0.15, 0.2) is 30.4 Å². The monoisotopic (exact) mass is 272 g/mol. The first-order valence-corrected chi connectivity index (χ1v) is 7.29. The van der Waals surface area contributed by atoms with Crippen molar-refractivity contribution in [1.82, 2.24) is 10.2 Å². The molecule has 0 fully saturated rings. The van der Waals surface area contributed by atoms with E-state index in [0.717, 1.165) is 6.54 Å². The molecule has 1 unspecified atom stereocenters. The zero-order chi connectivity index (χ0) is 14.5. The Morgan fingerprint density at radius 2 is 2.10 bits per heavy atom. The van der Waals surface area contributed by atoms with Gasteiger partial charge in [-0.25, -0.2) is 0 Å². The number of fused-ring (bicyclic) bond motifs is 1. The highest BCUT2D eigenvalue weighted by Gasteiger charge is 2.14. The van der Waals surface area contributed by atoms with Gasteiger partial charge in [0.2, 0.25) is 5.91 Å². The summed E-state index contributed by atoms with van der Waals surface area (Å²) in [5.74, 6) is -0.0279. The largest absolute Gasteiger partial charge is 0.346 e. The van der Waals surface area contributed by atoms with E-state index < -0.39 is 0 Å². The van der Waals surface area contributed by atoms with Crippen molar-refractivity contribution in [3.63, 3.8) is 0 Å². The van der Waals surface area contributed by atoms with E-state index in [0.29, 0.717) is 0 Å². The van der Waals surface area contributed by atoms with Crippen molar-refractivity contribution < 1.29 is 4.79 Å². The SMILES string of the molecule is CC(NC(=O)/C=C/CN(C)C)c1ccc2c(c1)CCC2. The summed E-state index contributed by atoms with van der Waals surface area (Å²) in [5.41, 5.74) is 4.12. The molecule has 1 aromatic rings. The van der Waals surface area contributed by atoms with Crippen molar-refractivity contribution in [3.05, 3.63) is 47.0 Å². The Hall–Kier alpha value is -1.61. The van der Waals surface area contributed by atoms with Crippen LogP contribution in [0.25, 0.3) is 0 Å². The van der Waals surface area contributed by atoms with Crippen LogP contribution in [0.3, 0.4) is 0 Å². The van der Waals surface area contributed by atoms with E-state index in [1.165, 1.54) is 36.0 Å². The lowest BCUT2D eigenvalue weighted by Gasteiger charge is -2.14. The molecule has 20 heavy (non-hydrogen) atoms. The van der Waals surface area contributed by atoms with Gasteiger partial charge in [0.05, 0.1) is 6.04 Å². The van der Waals surface area contributed by atoms with E-state index in [9.17, 15) is 4.79 Å². The first-order chi connectivity index (χ1) is 9.56. The predicted octanol–water partition coefficient (Wildman–Crippen LogP) is 2.47. The topological polar surface area (TPSA) is 32.3 Å². The van der Waals surface area contributed by atoms with Gasteiger partial charge < -0.3 is 10.2 Å². The predicted molar refractivity (Wildman–Crippen MR) is 82.7 cm³/mol. The third kappa shape index (κ3) is 3.94. The molecule has 2 rings (SSSR count). The number of hydrogen-bond donors (Lipinski definition) is 1. The lowest BCUT2D eigenvalue weighted by Crippen LogP contribution is -2.25. The molecule has 0 saturated heterocycles. The second-order valence-electron chi connectivity index (χ2n) is 5.78. The van der Waals surface area contributed by atoms with Gasteiger partial charge in [0.15, 0.2) is 0 Å². The highest BCUT2D eigenvalue weighted by atomic mass is 16.1. The molecule has 1 N–H and O–H groups in total. The first-order valence-electron chi connectivity index (χ1n) is 7.29. The molecule has 3 heteroatoms. The highest BCUT2D eigenvalue weighted by Crippen LogP contribution is 2.25. The Balaban J connectivity index is 1.93. The Morgan fingerprint density at radius 3 is 2.85 bits per heavy atom. The van der Waals surface area contributed by atoms with E-state index in [1.807, 2.05) is 32.0 Å². The molecule has 1 atom stereocenters. The zero-order valence-electron chi connectivity index (χ0n) is 12.6. The summed E-state index contributed by atoms with van der Waals surface area (Å²) in [4.78, 5) is 13.8. The molecule has 0 heterocycles. The summed E-state index contributed by atoms with van der Waals surface area (Å²) >= 11 is 0. The summed E-state index contributed by atoms with van der Waals surface area (Å²) < 4.78 is 0. The molecule has 1 aromatic carbocycles. The van der Waals surface area contributed by atoms with Gasteiger partial charge in [-0.2, -0.15) is 0 Å². The van der Waals surface area contributed by atoms with Crippen LogP contribution in [-0.2, 0) is 17.6 Å². The van der Waals surface area contributed by atoms with Crippen molar-refractivity contribution in [2.24, 2.45) is 0 Å². The average molecular weight is 272 g/mol. The number of rotatable bonds is 5. The van der Waals surface area contributed by atoms with Crippen molar-refractivity contribution in [2.75, 3.05) is 20.6 Å². The third-order valence-electron chi connectivity index (χ3n) is 3.72. The maximum absolute atomic E-state index is 11.8. The molecule has 0 bridgehead atoms. The lowest BCUT2D eigenvalue weighted by molar-refractivity contribution is -0.117. The highest BCUT2D eigenvalue weighted by molar-refractivity contribution is 5.87.